The summed E-state index contributed by atoms with van der Waals surface area (Å²) in [6, 6.07) is 7.64. The molecule has 3 nitrogen and oxygen atoms in total. The molecule has 0 fully saturated rings. The average Bonchev–Trinajstić information content (AvgIpc) is 2.36. The van der Waals surface area contributed by atoms with Crippen molar-refractivity contribution >= 4 is 0 Å². The Balaban J connectivity index is 2.75. The number of hydrogen-bond acceptors (Lipinski definition) is 3. The van der Waals surface area contributed by atoms with Crippen LogP contribution in [0.2, 0.25) is 0 Å². The Morgan fingerprint density at radius 2 is 1.88 bits per heavy atom. The van der Waals surface area contributed by atoms with E-state index in [9.17, 15) is 5.11 Å². The molecule has 0 heterocycles. The monoisotopic (exact) mass is 237 g/mol. The molecule has 1 rings (SSSR count). The maximum atomic E-state index is 10.2. The summed E-state index contributed by atoms with van der Waals surface area (Å²) in [6.07, 6.45) is 1.37. The number of nitrogens with two attached hydrogens (primary N) is 1. The molecule has 0 aliphatic heterocycles. The molecule has 0 amide bonds. The summed E-state index contributed by atoms with van der Waals surface area (Å²) < 4.78 is 5.72. The van der Waals surface area contributed by atoms with Gasteiger partial charge in [-0.3, -0.25) is 0 Å². The third kappa shape index (κ3) is 3.72. The summed E-state index contributed by atoms with van der Waals surface area (Å²) in [5.74, 6) is 0.767. The third-order valence-corrected chi connectivity index (χ3v) is 3.22. The lowest BCUT2D eigenvalue weighted by molar-refractivity contribution is -0.0116. The van der Waals surface area contributed by atoms with E-state index in [2.05, 4.69) is 0 Å². The summed E-state index contributed by atoms with van der Waals surface area (Å²) in [7, 11) is 0. The van der Waals surface area contributed by atoms with E-state index in [0.717, 1.165) is 11.3 Å². The molecular formula is C14H23NO2. The van der Waals surface area contributed by atoms with Gasteiger partial charge in [0.05, 0.1) is 5.60 Å². The quantitative estimate of drug-likeness (QED) is 0.799. The molecule has 1 atom stereocenters. The van der Waals surface area contributed by atoms with E-state index in [1.54, 1.807) is 0 Å². The summed E-state index contributed by atoms with van der Waals surface area (Å²) in [5, 5.41) is 10.2. The standard InChI is InChI=1S/C14H23NO2/c1-4-14(16,5-2)10-17-13-9-7-6-8-12(13)11(3)15/h6-9,11,16H,4-5,10,15H2,1-3H3. The first-order chi connectivity index (χ1) is 8.02. The number of hydrogen-bond donors (Lipinski definition) is 2. The van der Waals surface area contributed by atoms with Gasteiger partial charge < -0.3 is 15.6 Å². The Kier molecular flexibility index (Phi) is 4.97. The second-order valence-corrected chi connectivity index (χ2v) is 4.55. The van der Waals surface area contributed by atoms with Crippen LogP contribution in [0.5, 0.6) is 5.75 Å². The van der Waals surface area contributed by atoms with Crippen LogP contribution in [0.1, 0.15) is 45.2 Å². The van der Waals surface area contributed by atoms with Crippen LogP contribution in [0.3, 0.4) is 0 Å². The van der Waals surface area contributed by atoms with Crippen molar-refractivity contribution in [1.82, 2.24) is 0 Å². The Morgan fingerprint density at radius 3 is 2.41 bits per heavy atom. The first-order valence-electron chi connectivity index (χ1n) is 6.22. The van der Waals surface area contributed by atoms with Gasteiger partial charge in [-0.15, -0.1) is 0 Å². The zero-order chi connectivity index (χ0) is 12.9. The second kappa shape index (κ2) is 6.03. The van der Waals surface area contributed by atoms with Crippen molar-refractivity contribution in [3.8, 4) is 5.75 Å². The molecule has 0 spiro atoms. The van der Waals surface area contributed by atoms with Crippen LogP contribution in [0, 0.1) is 0 Å². The van der Waals surface area contributed by atoms with E-state index in [0.29, 0.717) is 19.4 Å². The highest BCUT2D eigenvalue weighted by Crippen LogP contribution is 2.25. The molecule has 17 heavy (non-hydrogen) atoms. The first kappa shape index (κ1) is 14.0. The van der Waals surface area contributed by atoms with Gasteiger partial charge in [0.15, 0.2) is 0 Å². The number of rotatable bonds is 6. The van der Waals surface area contributed by atoms with Gasteiger partial charge in [0.1, 0.15) is 12.4 Å². The fourth-order valence-electron chi connectivity index (χ4n) is 1.65. The average molecular weight is 237 g/mol. The van der Waals surface area contributed by atoms with Gasteiger partial charge in [-0.05, 0) is 25.8 Å². The molecule has 1 aromatic carbocycles. The van der Waals surface area contributed by atoms with E-state index in [4.69, 9.17) is 10.5 Å². The largest absolute Gasteiger partial charge is 0.490 e. The maximum Gasteiger partial charge on any atom is 0.124 e. The van der Waals surface area contributed by atoms with Crippen molar-refractivity contribution < 1.29 is 9.84 Å². The molecule has 3 N–H and O–H groups in total. The predicted octanol–water partition coefficient (Wildman–Crippen LogP) is 2.64. The highest BCUT2D eigenvalue weighted by Gasteiger charge is 2.23. The van der Waals surface area contributed by atoms with Gasteiger partial charge in [-0.1, -0.05) is 32.0 Å². The van der Waals surface area contributed by atoms with Crippen LogP contribution >= 0.6 is 0 Å². The van der Waals surface area contributed by atoms with Gasteiger partial charge in [0.2, 0.25) is 0 Å². The Bertz CT molecular complexity index is 346. The van der Waals surface area contributed by atoms with Gasteiger partial charge >= 0.3 is 0 Å². The lowest BCUT2D eigenvalue weighted by atomic mass is 9.99. The van der Waals surface area contributed by atoms with E-state index in [-0.39, 0.29) is 6.04 Å². The Labute approximate surface area is 104 Å². The Hall–Kier alpha value is -1.06. The third-order valence-electron chi connectivity index (χ3n) is 3.22. The van der Waals surface area contributed by atoms with Crippen molar-refractivity contribution in [3.05, 3.63) is 29.8 Å². The molecule has 1 unspecified atom stereocenters. The van der Waals surface area contributed by atoms with Crippen molar-refractivity contribution in [2.75, 3.05) is 6.61 Å². The lowest BCUT2D eigenvalue weighted by Crippen LogP contribution is -2.34. The second-order valence-electron chi connectivity index (χ2n) is 4.55. The Morgan fingerprint density at radius 1 is 1.29 bits per heavy atom. The van der Waals surface area contributed by atoms with E-state index in [1.165, 1.54) is 0 Å². The molecule has 1 aromatic rings. The van der Waals surface area contributed by atoms with E-state index < -0.39 is 5.60 Å². The van der Waals surface area contributed by atoms with Gasteiger partial charge in [0.25, 0.3) is 0 Å². The van der Waals surface area contributed by atoms with Crippen LogP contribution in [0.15, 0.2) is 24.3 Å². The summed E-state index contributed by atoms with van der Waals surface area (Å²) in [6.45, 7) is 6.16. The molecular weight excluding hydrogens is 214 g/mol. The normalized spacial score (nSPS) is 13.5. The molecule has 0 aromatic heterocycles. The van der Waals surface area contributed by atoms with E-state index in [1.807, 2.05) is 45.0 Å². The highest BCUT2D eigenvalue weighted by atomic mass is 16.5. The molecule has 0 saturated carbocycles. The summed E-state index contributed by atoms with van der Waals surface area (Å²) in [4.78, 5) is 0. The van der Waals surface area contributed by atoms with Crippen LogP contribution in [0.25, 0.3) is 0 Å². The van der Waals surface area contributed by atoms with Crippen LogP contribution in [-0.2, 0) is 0 Å². The van der Waals surface area contributed by atoms with Crippen LogP contribution < -0.4 is 10.5 Å². The minimum Gasteiger partial charge on any atom is -0.490 e. The van der Waals surface area contributed by atoms with Crippen LogP contribution in [0.4, 0.5) is 0 Å². The molecule has 3 heteroatoms. The van der Waals surface area contributed by atoms with Crippen molar-refractivity contribution in [2.24, 2.45) is 5.73 Å². The summed E-state index contributed by atoms with van der Waals surface area (Å²) >= 11 is 0. The van der Waals surface area contributed by atoms with Crippen molar-refractivity contribution in [2.45, 2.75) is 45.3 Å². The number of benzene rings is 1. The lowest BCUT2D eigenvalue weighted by Gasteiger charge is -2.26. The predicted molar refractivity (Wildman–Crippen MR) is 70.1 cm³/mol. The molecule has 0 radical (unpaired) electrons. The molecule has 0 aliphatic rings. The minimum absolute atomic E-state index is 0.0671. The molecule has 0 saturated heterocycles. The number of aliphatic hydroxyl groups is 1. The van der Waals surface area contributed by atoms with E-state index >= 15 is 0 Å². The van der Waals surface area contributed by atoms with Crippen LogP contribution in [-0.4, -0.2) is 17.3 Å². The fourth-order valence-corrected chi connectivity index (χ4v) is 1.65. The maximum absolute atomic E-state index is 10.2. The fraction of sp³-hybridized carbons (Fsp3) is 0.571. The highest BCUT2D eigenvalue weighted by molar-refractivity contribution is 5.35. The number of ether oxygens (including phenoxy) is 1. The van der Waals surface area contributed by atoms with Crippen molar-refractivity contribution in [3.63, 3.8) is 0 Å². The molecule has 96 valence electrons. The molecule has 0 aliphatic carbocycles. The molecule has 0 bridgehead atoms. The summed E-state index contributed by atoms with van der Waals surface area (Å²) in [5.41, 5.74) is 6.11. The zero-order valence-corrected chi connectivity index (χ0v) is 10.9. The minimum atomic E-state index is -0.745. The smallest absolute Gasteiger partial charge is 0.124 e. The zero-order valence-electron chi connectivity index (χ0n) is 10.9. The first-order valence-corrected chi connectivity index (χ1v) is 6.22. The van der Waals surface area contributed by atoms with Gasteiger partial charge in [-0.25, -0.2) is 0 Å². The topological polar surface area (TPSA) is 55.5 Å². The SMILES string of the molecule is CCC(O)(CC)COc1ccccc1C(C)N. The van der Waals surface area contributed by atoms with Gasteiger partial charge in [0, 0.05) is 11.6 Å². The number of para-hydroxylation sites is 1. The van der Waals surface area contributed by atoms with Crippen molar-refractivity contribution in [1.29, 1.82) is 0 Å². The van der Waals surface area contributed by atoms with Gasteiger partial charge in [-0.2, -0.15) is 0 Å².